The van der Waals surface area contributed by atoms with E-state index in [1.54, 1.807) is 0 Å². The van der Waals surface area contributed by atoms with Crippen LogP contribution in [0.15, 0.2) is 18.2 Å². The molecule has 0 atom stereocenters. The van der Waals surface area contributed by atoms with Crippen molar-refractivity contribution in [2.75, 3.05) is 19.0 Å². The van der Waals surface area contributed by atoms with Crippen LogP contribution in [0.25, 0.3) is 10.9 Å². The summed E-state index contributed by atoms with van der Waals surface area (Å²) in [6.07, 6.45) is 0. The van der Waals surface area contributed by atoms with Crippen molar-refractivity contribution in [2.45, 2.75) is 20.5 Å². The molecule has 1 aromatic heterocycles. The minimum atomic E-state index is 0.0670. The second-order valence-corrected chi connectivity index (χ2v) is 4.64. The molecule has 2 rings (SSSR count). The van der Waals surface area contributed by atoms with Crippen LogP contribution in [0.3, 0.4) is 0 Å². The van der Waals surface area contributed by atoms with Crippen LogP contribution in [0.1, 0.15) is 16.8 Å². The van der Waals surface area contributed by atoms with Crippen molar-refractivity contribution in [3.63, 3.8) is 0 Å². The van der Waals surface area contributed by atoms with Crippen molar-refractivity contribution in [3.05, 3.63) is 35.0 Å². The maximum Gasteiger partial charge on any atom is 0.0755 e. The Balaban J connectivity index is 2.85. The smallest absolute Gasteiger partial charge is 0.0755 e. The summed E-state index contributed by atoms with van der Waals surface area (Å²) in [6, 6.07) is 6.08. The number of aromatic nitrogens is 1. The zero-order valence-corrected chi connectivity index (χ0v) is 10.8. The van der Waals surface area contributed by atoms with E-state index in [0.717, 1.165) is 33.4 Å². The van der Waals surface area contributed by atoms with Gasteiger partial charge in [0.05, 0.1) is 12.1 Å². The number of rotatable bonds is 2. The van der Waals surface area contributed by atoms with Gasteiger partial charge in [-0.1, -0.05) is 6.07 Å². The molecule has 3 nitrogen and oxygen atoms in total. The zero-order chi connectivity index (χ0) is 12.6. The number of anilines is 1. The van der Waals surface area contributed by atoms with Crippen LogP contribution in [0, 0.1) is 13.8 Å². The van der Waals surface area contributed by atoms with Gasteiger partial charge in [0.2, 0.25) is 0 Å². The number of benzene rings is 1. The third-order valence-electron chi connectivity index (χ3n) is 2.93. The zero-order valence-electron chi connectivity index (χ0n) is 10.8. The fraction of sp³-hybridized carbons (Fsp3) is 0.357. The number of pyridine rings is 1. The maximum atomic E-state index is 9.27. The average molecular weight is 230 g/mol. The van der Waals surface area contributed by atoms with Crippen LogP contribution in [0.2, 0.25) is 0 Å². The molecule has 1 aromatic carbocycles. The molecule has 1 N–H and O–H groups in total. The standard InChI is InChI=1S/C14H18N2O/c1-9-5-11(8-17)7-12-13(16(3)4)6-10(2)15-14(9)12/h5-7,17H,8H2,1-4H3. The van der Waals surface area contributed by atoms with Gasteiger partial charge in [0, 0.05) is 30.9 Å². The number of hydrogen-bond donors (Lipinski definition) is 1. The van der Waals surface area contributed by atoms with E-state index in [0.29, 0.717) is 0 Å². The van der Waals surface area contributed by atoms with E-state index in [-0.39, 0.29) is 6.61 Å². The molecule has 0 radical (unpaired) electrons. The largest absolute Gasteiger partial charge is 0.392 e. The Morgan fingerprint density at radius 3 is 2.47 bits per heavy atom. The minimum absolute atomic E-state index is 0.0670. The number of aliphatic hydroxyl groups excluding tert-OH is 1. The number of aliphatic hydroxyl groups is 1. The van der Waals surface area contributed by atoms with Gasteiger partial charge in [-0.05, 0) is 37.1 Å². The van der Waals surface area contributed by atoms with E-state index in [2.05, 4.69) is 16.0 Å². The Kier molecular flexibility index (Phi) is 3.03. The van der Waals surface area contributed by atoms with Gasteiger partial charge in [-0.2, -0.15) is 0 Å². The van der Waals surface area contributed by atoms with Crippen LogP contribution >= 0.6 is 0 Å². The van der Waals surface area contributed by atoms with Crippen LogP contribution < -0.4 is 4.90 Å². The molecule has 0 unspecified atom stereocenters. The Morgan fingerprint density at radius 2 is 1.88 bits per heavy atom. The molecule has 0 spiro atoms. The van der Waals surface area contributed by atoms with Gasteiger partial charge < -0.3 is 10.0 Å². The van der Waals surface area contributed by atoms with Crippen molar-refractivity contribution < 1.29 is 5.11 Å². The minimum Gasteiger partial charge on any atom is -0.392 e. The Hall–Kier alpha value is -1.61. The Labute approximate surface area is 102 Å². The highest BCUT2D eigenvalue weighted by Crippen LogP contribution is 2.28. The van der Waals surface area contributed by atoms with Crippen molar-refractivity contribution in [1.29, 1.82) is 0 Å². The van der Waals surface area contributed by atoms with Crippen LogP contribution in [-0.2, 0) is 6.61 Å². The molecular weight excluding hydrogens is 212 g/mol. The Bertz CT molecular complexity index is 562. The molecule has 0 aliphatic carbocycles. The molecule has 0 saturated heterocycles. The molecule has 1 heterocycles. The topological polar surface area (TPSA) is 36.4 Å². The molecule has 0 aliphatic rings. The van der Waals surface area contributed by atoms with Crippen molar-refractivity contribution in [2.24, 2.45) is 0 Å². The second kappa shape index (κ2) is 4.34. The quantitative estimate of drug-likeness (QED) is 0.860. The normalized spacial score (nSPS) is 10.9. The third-order valence-corrected chi connectivity index (χ3v) is 2.93. The highest BCUT2D eigenvalue weighted by atomic mass is 16.3. The first kappa shape index (κ1) is 11.9. The van der Waals surface area contributed by atoms with E-state index >= 15 is 0 Å². The summed E-state index contributed by atoms with van der Waals surface area (Å²) in [7, 11) is 4.05. The lowest BCUT2D eigenvalue weighted by Gasteiger charge is -2.17. The van der Waals surface area contributed by atoms with Crippen LogP contribution in [0.5, 0.6) is 0 Å². The van der Waals surface area contributed by atoms with E-state index in [1.807, 2.05) is 40.1 Å². The summed E-state index contributed by atoms with van der Waals surface area (Å²) in [5.74, 6) is 0. The summed E-state index contributed by atoms with van der Waals surface area (Å²) in [5, 5.41) is 10.4. The molecule has 0 bridgehead atoms. The molecule has 0 saturated carbocycles. The van der Waals surface area contributed by atoms with Gasteiger partial charge in [-0.15, -0.1) is 0 Å². The lowest BCUT2D eigenvalue weighted by atomic mass is 10.0. The molecule has 90 valence electrons. The van der Waals surface area contributed by atoms with E-state index in [4.69, 9.17) is 0 Å². The summed E-state index contributed by atoms with van der Waals surface area (Å²) in [5.41, 5.74) is 5.22. The molecule has 2 aromatic rings. The first-order valence-electron chi connectivity index (χ1n) is 5.72. The van der Waals surface area contributed by atoms with Gasteiger partial charge in [0.1, 0.15) is 0 Å². The van der Waals surface area contributed by atoms with E-state index in [9.17, 15) is 5.11 Å². The van der Waals surface area contributed by atoms with Gasteiger partial charge in [0.15, 0.2) is 0 Å². The second-order valence-electron chi connectivity index (χ2n) is 4.64. The summed E-state index contributed by atoms with van der Waals surface area (Å²) in [6.45, 7) is 4.11. The SMILES string of the molecule is Cc1cc(N(C)C)c2cc(CO)cc(C)c2n1. The van der Waals surface area contributed by atoms with Crippen molar-refractivity contribution >= 4 is 16.6 Å². The Morgan fingerprint density at radius 1 is 1.18 bits per heavy atom. The van der Waals surface area contributed by atoms with Gasteiger partial charge in [-0.3, -0.25) is 4.98 Å². The average Bonchev–Trinajstić information content (AvgIpc) is 2.28. The third kappa shape index (κ3) is 2.11. The van der Waals surface area contributed by atoms with Crippen LogP contribution in [0.4, 0.5) is 5.69 Å². The van der Waals surface area contributed by atoms with Crippen molar-refractivity contribution in [1.82, 2.24) is 4.98 Å². The molecular formula is C14H18N2O. The molecule has 3 heteroatoms. The van der Waals surface area contributed by atoms with Crippen LogP contribution in [-0.4, -0.2) is 24.2 Å². The highest BCUT2D eigenvalue weighted by Gasteiger charge is 2.09. The predicted octanol–water partition coefficient (Wildman–Crippen LogP) is 2.41. The maximum absolute atomic E-state index is 9.27. The number of nitrogens with zero attached hydrogens (tertiary/aromatic N) is 2. The molecule has 0 aliphatic heterocycles. The summed E-state index contributed by atoms with van der Waals surface area (Å²) < 4.78 is 0. The predicted molar refractivity (Wildman–Crippen MR) is 71.5 cm³/mol. The van der Waals surface area contributed by atoms with E-state index < -0.39 is 0 Å². The fourth-order valence-electron chi connectivity index (χ4n) is 2.14. The summed E-state index contributed by atoms with van der Waals surface area (Å²) in [4.78, 5) is 6.67. The van der Waals surface area contributed by atoms with Gasteiger partial charge in [0.25, 0.3) is 0 Å². The number of aryl methyl sites for hydroxylation is 2. The highest BCUT2D eigenvalue weighted by molar-refractivity contribution is 5.94. The summed E-state index contributed by atoms with van der Waals surface area (Å²) >= 11 is 0. The number of fused-ring (bicyclic) bond motifs is 1. The van der Waals surface area contributed by atoms with Crippen molar-refractivity contribution in [3.8, 4) is 0 Å². The first-order valence-corrected chi connectivity index (χ1v) is 5.72. The lowest BCUT2D eigenvalue weighted by molar-refractivity contribution is 0.282. The fourth-order valence-corrected chi connectivity index (χ4v) is 2.14. The van der Waals surface area contributed by atoms with E-state index in [1.165, 1.54) is 0 Å². The van der Waals surface area contributed by atoms with Gasteiger partial charge in [-0.25, -0.2) is 0 Å². The molecule has 0 fully saturated rings. The monoisotopic (exact) mass is 230 g/mol. The molecule has 0 amide bonds. The number of hydrogen-bond acceptors (Lipinski definition) is 3. The van der Waals surface area contributed by atoms with Gasteiger partial charge >= 0.3 is 0 Å². The first-order chi connectivity index (χ1) is 8.02. The lowest BCUT2D eigenvalue weighted by Crippen LogP contribution is -2.10. The molecule has 17 heavy (non-hydrogen) atoms.